The lowest BCUT2D eigenvalue weighted by Gasteiger charge is -2.19. The van der Waals surface area contributed by atoms with Crippen LogP contribution in [-0.2, 0) is 9.59 Å². The number of carbonyl (C=O) groups excluding carboxylic acids is 2. The van der Waals surface area contributed by atoms with Crippen molar-refractivity contribution in [1.82, 2.24) is 5.32 Å². The van der Waals surface area contributed by atoms with Crippen LogP contribution in [-0.4, -0.2) is 36.5 Å². The van der Waals surface area contributed by atoms with Gasteiger partial charge in [-0.3, -0.25) is 9.59 Å². The normalized spacial score (nSPS) is 14.6. The molecule has 0 heterocycles. The van der Waals surface area contributed by atoms with Crippen LogP contribution in [0.1, 0.15) is 44.2 Å². The number of ether oxygens (including phenoxy) is 2. The lowest BCUT2D eigenvalue weighted by molar-refractivity contribution is -0.119. The number of nitrogens with one attached hydrogen (secondary N) is 2. The van der Waals surface area contributed by atoms with Crippen molar-refractivity contribution >= 4 is 29.3 Å². The molecule has 8 heteroatoms. The lowest BCUT2D eigenvalue weighted by atomic mass is 10.1. The highest BCUT2D eigenvalue weighted by Crippen LogP contribution is 2.33. The third-order valence-electron chi connectivity index (χ3n) is 5.26. The summed E-state index contributed by atoms with van der Waals surface area (Å²) < 4.78 is 24.5. The minimum absolute atomic E-state index is 0.125. The van der Waals surface area contributed by atoms with Gasteiger partial charge in [0.15, 0.2) is 11.5 Å². The number of anilines is 1. The number of hydrogen-bond acceptors (Lipinski definition) is 5. The van der Waals surface area contributed by atoms with E-state index in [1.165, 1.54) is 48.9 Å². The molecule has 0 bridgehead atoms. The van der Waals surface area contributed by atoms with E-state index < -0.39 is 0 Å². The Labute approximate surface area is 192 Å². The van der Waals surface area contributed by atoms with Gasteiger partial charge in [0, 0.05) is 5.69 Å². The van der Waals surface area contributed by atoms with E-state index in [9.17, 15) is 14.0 Å². The molecule has 1 unspecified atom stereocenters. The van der Waals surface area contributed by atoms with Gasteiger partial charge in [-0.05, 0) is 74.6 Å². The number of halogens is 1. The minimum atomic E-state index is -0.364. The van der Waals surface area contributed by atoms with E-state index in [1.807, 2.05) is 25.1 Å². The molecular weight excluding hydrogens is 431 g/mol. The van der Waals surface area contributed by atoms with Crippen LogP contribution in [0, 0.1) is 5.82 Å². The second kappa shape index (κ2) is 11.8. The summed E-state index contributed by atoms with van der Waals surface area (Å²) >= 11 is 1.21. The smallest absolute Gasteiger partial charge is 0.234 e. The van der Waals surface area contributed by atoms with E-state index >= 15 is 0 Å². The van der Waals surface area contributed by atoms with E-state index in [2.05, 4.69) is 10.6 Å². The molecule has 1 aliphatic carbocycles. The highest BCUT2D eigenvalue weighted by atomic mass is 32.2. The molecule has 0 radical (unpaired) electrons. The molecule has 1 saturated carbocycles. The molecule has 2 amide bonds. The van der Waals surface area contributed by atoms with E-state index in [4.69, 9.17) is 9.47 Å². The van der Waals surface area contributed by atoms with Crippen molar-refractivity contribution in [1.29, 1.82) is 0 Å². The monoisotopic (exact) mass is 460 g/mol. The first-order chi connectivity index (χ1) is 15.4. The average Bonchev–Trinajstić information content (AvgIpc) is 3.28. The van der Waals surface area contributed by atoms with Gasteiger partial charge in [-0.1, -0.05) is 6.07 Å². The summed E-state index contributed by atoms with van der Waals surface area (Å²) in [6.07, 6.45) is 4.76. The third kappa shape index (κ3) is 7.15. The van der Waals surface area contributed by atoms with E-state index in [0.29, 0.717) is 11.4 Å². The van der Waals surface area contributed by atoms with Crippen LogP contribution >= 0.6 is 11.8 Å². The fourth-order valence-electron chi connectivity index (χ4n) is 3.57. The molecule has 172 valence electrons. The second-order valence-corrected chi connectivity index (χ2v) is 8.76. The third-order valence-corrected chi connectivity index (χ3v) is 6.19. The summed E-state index contributed by atoms with van der Waals surface area (Å²) in [6, 6.07) is 11.0. The molecule has 1 aliphatic rings. The Balaban J connectivity index is 1.44. The Bertz CT molecular complexity index is 917. The van der Waals surface area contributed by atoms with Crippen LogP contribution in [0.2, 0.25) is 0 Å². The molecule has 0 saturated heterocycles. The maximum atomic E-state index is 12.9. The molecule has 2 aromatic carbocycles. The van der Waals surface area contributed by atoms with Crippen molar-refractivity contribution in [2.75, 3.05) is 23.9 Å². The molecule has 2 N–H and O–H groups in total. The highest BCUT2D eigenvalue weighted by molar-refractivity contribution is 8.00. The van der Waals surface area contributed by atoms with Crippen molar-refractivity contribution in [3.05, 3.63) is 53.8 Å². The van der Waals surface area contributed by atoms with Crippen molar-refractivity contribution in [2.45, 2.75) is 44.8 Å². The number of rotatable bonds is 10. The summed E-state index contributed by atoms with van der Waals surface area (Å²) in [6.45, 7) is 1.90. The van der Waals surface area contributed by atoms with Crippen LogP contribution in [0.3, 0.4) is 0 Å². The van der Waals surface area contributed by atoms with E-state index in [1.54, 1.807) is 7.11 Å². The Morgan fingerprint density at radius 3 is 2.44 bits per heavy atom. The number of methoxy groups -OCH3 is 1. The fraction of sp³-hybridized carbons (Fsp3) is 0.417. The average molecular weight is 461 g/mol. The molecule has 3 rings (SSSR count). The van der Waals surface area contributed by atoms with Crippen molar-refractivity contribution < 1.29 is 23.5 Å². The summed E-state index contributed by atoms with van der Waals surface area (Å²) in [4.78, 5) is 24.3. The molecule has 2 aromatic rings. The standard InChI is InChI=1S/C24H29FN2O4S/c1-16(17-7-12-21(22(13-17)30-2)31-20-5-3-4-6-20)26-23(28)14-32-15-24(29)27-19-10-8-18(25)9-11-19/h7-13,16,20H,3-6,14-15H2,1-2H3,(H,26,28)(H,27,29). The number of carbonyl (C=O) groups is 2. The maximum Gasteiger partial charge on any atom is 0.234 e. The van der Waals surface area contributed by atoms with Gasteiger partial charge in [-0.25, -0.2) is 4.39 Å². The van der Waals surface area contributed by atoms with Gasteiger partial charge >= 0.3 is 0 Å². The van der Waals surface area contributed by atoms with Gasteiger partial charge in [-0.15, -0.1) is 11.8 Å². The van der Waals surface area contributed by atoms with Crippen LogP contribution < -0.4 is 20.1 Å². The van der Waals surface area contributed by atoms with E-state index in [-0.39, 0.29) is 41.3 Å². The highest BCUT2D eigenvalue weighted by Gasteiger charge is 2.19. The van der Waals surface area contributed by atoms with Gasteiger partial charge in [-0.2, -0.15) is 0 Å². The Hall–Kier alpha value is -2.74. The number of benzene rings is 2. The molecule has 1 atom stereocenters. The summed E-state index contributed by atoms with van der Waals surface area (Å²) in [5, 5.41) is 5.61. The predicted octanol–water partition coefficient (Wildman–Crippen LogP) is 4.70. The van der Waals surface area contributed by atoms with Gasteiger partial charge in [0.2, 0.25) is 11.8 Å². The fourth-order valence-corrected chi connectivity index (χ4v) is 4.20. The van der Waals surface area contributed by atoms with Gasteiger partial charge in [0.25, 0.3) is 0 Å². The quantitative estimate of drug-likeness (QED) is 0.537. The zero-order valence-corrected chi connectivity index (χ0v) is 19.2. The molecule has 0 aliphatic heterocycles. The lowest BCUT2D eigenvalue weighted by Crippen LogP contribution is -2.28. The Morgan fingerprint density at radius 2 is 1.75 bits per heavy atom. The van der Waals surface area contributed by atoms with Gasteiger partial charge < -0.3 is 20.1 Å². The molecule has 6 nitrogen and oxygen atoms in total. The SMILES string of the molecule is COc1cc(C(C)NC(=O)CSCC(=O)Nc2ccc(F)cc2)ccc1OC1CCCC1. The maximum absolute atomic E-state index is 12.9. The molecule has 32 heavy (non-hydrogen) atoms. The predicted molar refractivity (Wildman–Crippen MR) is 125 cm³/mol. The molecule has 0 spiro atoms. The van der Waals surface area contributed by atoms with E-state index in [0.717, 1.165) is 24.2 Å². The Morgan fingerprint density at radius 1 is 1.06 bits per heavy atom. The zero-order valence-electron chi connectivity index (χ0n) is 18.4. The summed E-state index contributed by atoms with van der Waals surface area (Å²) in [5.74, 6) is 0.886. The molecule has 1 fully saturated rings. The summed E-state index contributed by atoms with van der Waals surface area (Å²) in [5.41, 5.74) is 1.43. The molecule has 0 aromatic heterocycles. The van der Waals surface area contributed by atoms with Crippen molar-refractivity contribution in [3.8, 4) is 11.5 Å². The van der Waals surface area contributed by atoms with Crippen LogP contribution in [0.15, 0.2) is 42.5 Å². The topological polar surface area (TPSA) is 76.7 Å². The first kappa shape index (κ1) is 23.9. The van der Waals surface area contributed by atoms with Crippen molar-refractivity contribution in [3.63, 3.8) is 0 Å². The second-order valence-electron chi connectivity index (χ2n) is 7.77. The van der Waals surface area contributed by atoms with Gasteiger partial charge in [0.1, 0.15) is 5.82 Å². The summed E-state index contributed by atoms with van der Waals surface area (Å²) in [7, 11) is 1.61. The number of amides is 2. The first-order valence-electron chi connectivity index (χ1n) is 10.7. The molecular formula is C24H29FN2O4S. The van der Waals surface area contributed by atoms with Crippen LogP contribution in [0.4, 0.5) is 10.1 Å². The van der Waals surface area contributed by atoms with Gasteiger partial charge in [0.05, 0.1) is 30.8 Å². The largest absolute Gasteiger partial charge is 0.493 e. The number of thioether (sulfide) groups is 1. The van der Waals surface area contributed by atoms with Crippen molar-refractivity contribution in [2.24, 2.45) is 0 Å². The Kier molecular flexibility index (Phi) is 8.79. The van der Waals surface area contributed by atoms with Crippen LogP contribution in [0.5, 0.6) is 11.5 Å². The zero-order chi connectivity index (χ0) is 22.9. The number of hydrogen-bond donors (Lipinski definition) is 2. The minimum Gasteiger partial charge on any atom is -0.493 e. The first-order valence-corrected chi connectivity index (χ1v) is 11.9. The van der Waals surface area contributed by atoms with Crippen LogP contribution in [0.25, 0.3) is 0 Å².